The van der Waals surface area contributed by atoms with E-state index < -0.39 is 0 Å². The highest BCUT2D eigenvalue weighted by atomic mass is 16.5. The first-order valence-corrected chi connectivity index (χ1v) is 10.6. The van der Waals surface area contributed by atoms with Crippen molar-refractivity contribution in [2.45, 2.75) is 26.8 Å². The van der Waals surface area contributed by atoms with Gasteiger partial charge in [0.2, 0.25) is 0 Å². The van der Waals surface area contributed by atoms with Gasteiger partial charge in [0.1, 0.15) is 5.75 Å². The molecule has 4 rings (SSSR count). The van der Waals surface area contributed by atoms with Crippen molar-refractivity contribution in [1.82, 2.24) is 14.8 Å². The molecule has 0 spiro atoms. The molecule has 2 heterocycles. The Hall–Kier alpha value is -2.92. The molecule has 1 aliphatic heterocycles. The summed E-state index contributed by atoms with van der Waals surface area (Å²) in [6, 6.07) is 16.4. The maximum atomic E-state index is 13.3. The molecule has 0 aliphatic carbocycles. The summed E-state index contributed by atoms with van der Waals surface area (Å²) < 4.78 is 5.32. The van der Waals surface area contributed by atoms with Crippen LogP contribution in [0.15, 0.2) is 48.5 Å². The third-order valence-corrected chi connectivity index (χ3v) is 5.85. The van der Waals surface area contributed by atoms with Gasteiger partial charge in [-0.15, -0.1) is 0 Å². The highest BCUT2D eigenvalue weighted by molar-refractivity contribution is 5.98. The van der Waals surface area contributed by atoms with Gasteiger partial charge in [0, 0.05) is 38.1 Å². The molecule has 5 heteroatoms. The lowest BCUT2D eigenvalue weighted by atomic mass is 10.1. The highest BCUT2D eigenvalue weighted by Gasteiger charge is 2.22. The minimum atomic E-state index is 0.0712. The van der Waals surface area contributed by atoms with E-state index in [9.17, 15) is 4.79 Å². The third-order valence-electron chi connectivity index (χ3n) is 5.85. The molecular formula is C25H29N3O2. The zero-order valence-electron chi connectivity index (χ0n) is 18.0. The van der Waals surface area contributed by atoms with Crippen LogP contribution in [0.25, 0.3) is 10.9 Å². The molecule has 1 aromatic heterocycles. The Morgan fingerprint density at radius 2 is 1.80 bits per heavy atom. The van der Waals surface area contributed by atoms with Crippen LogP contribution in [-0.4, -0.2) is 54.0 Å². The van der Waals surface area contributed by atoms with Crippen LogP contribution in [0.1, 0.15) is 33.6 Å². The Morgan fingerprint density at radius 1 is 1.00 bits per heavy atom. The van der Waals surface area contributed by atoms with Gasteiger partial charge in [-0.05, 0) is 50.1 Å². The van der Waals surface area contributed by atoms with E-state index in [1.165, 1.54) is 11.1 Å². The predicted octanol–water partition coefficient (Wildman–Crippen LogP) is 4.21. The maximum absolute atomic E-state index is 13.3. The van der Waals surface area contributed by atoms with Crippen LogP contribution >= 0.6 is 0 Å². The van der Waals surface area contributed by atoms with Crippen molar-refractivity contribution >= 4 is 16.8 Å². The van der Waals surface area contributed by atoms with Crippen molar-refractivity contribution in [2.75, 3.05) is 33.3 Å². The predicted molar refractivity (Wildman–Crippen MR) is 120 cm³/mol. The molecule has 156 valence electrons. The Morgan fingerprint density at radius 3 is 2.57 bits per heavy atom. The van der Waals surface area contributed by atoms with Crippen LogP contribution in [0.3, 0.4) is 0 Å². The first-order valence-electron chi connectivity index (χ1n) is 10.6. The average Bonchev–Trinajstić information content (AvgIpc) is 2.99. The molecule has 1 saturated heterocycles. The number of pyridine rings is 1. The molecular weight excluding hydrogens is 374 g/mol. The molecule has 30 heavy (non-hydrogen) atoms. The summed E-state index contributed by atoms with van der Waals surface area (Å²) in [6.45, 7) is 8.35. The fourth-order valence-corrected chi connectivity index (χ4v) is 4.05. The molecule has 1 amide bonds. The first kappa shape index (κ1) is 20.4. The fourth-order valence-electron chi connectivity index (χ4n) is 4.05. The number of hydrogen-bond acceptors (Lipinski definition) is 4. The SMILES string of the molecule is COc1ccc2nc(C)c(C(=O)N3CCCN(Cc4ccc(C)cc4)CC3)cc2c1. The molecule has 0 N–H and O–H groups in total. The Balaban J connectivity index is 1.48. The number of aryl methyl sites for hydroxylation is 2. The summed E-state index contributed by atoms with van der Waals surface area (Å²) in [5.41, 5.74) is 4.94. The van der Waals surface area contributed by atoms with Crippen LogP contribution < -0.4 is 4.74 Å². The summed E-state index contributed by atoms with van der Waals surface area (Å²) in [5.74, 6) is 0.843. The van der Waals surface area contributed by atoms with E-state index in [-0.39, 0.29) is 5.91 Å². The quantitative estimate of drug-likeness (QED) is 0.655. The lowest BCUT2D eigenvalue weighted by molar-refractivity contribution is 0.0760. The summed E-state index contributed by atoms with van der Waals surface area (Å²) in [7, 11) is 1.65. The van der Waals surface area contributed by atoms with E-state index in [4.69, 9.17) is 4.74 Å². The lowest BCUT2D eigenvalue weighted by Gasteiger charge is -2.23. The number of carbonyl (C=O) groups is 1. The number of ether oxygens (including phenoxy) is 1. The van der Waals surface area contributed by atoms with Crippen molar-refractivity contribution in [3.63, 3.8) is 0 Å². The van der Waals surface area contributed by atoms with Gasteiger partial charge in [0.05, 0.1) is 23.9 Å². The zero-order chi connectivity index (χ0) is 21.1. The average molecular weight is 404 g/mol. The van der Waals surface area contributed by atoms with Gasteiger partial charge in [-0.1, -0.05) is 29.8 Å². The minimum absolute atomic E-state index is 0.0712. The fraction of sp³-hybridized carbons (Fsp3) is 0.360. The zero-order valence-corrected chi connectivity index (χ0v) is 18.0. The second-order valence-corrected chi connectivity index (χ2v) is 8.09. The number of nitrogens with zero attached hydrogens (tertiary/aromatic N) is 3. The second-order valence-electron chi connectivity index (χ2n) is 8.09. The van der Waals surface area contributed by atoms with Crippen molar-refractivity contribution in [3.8, 4) is 5.75 Å². The van der Waals surface area contributed by atoms with Gasteiger partial charge in [0.15, 0.2) is 0 Å². The number of amides is 1. The Kier molecular flexibility index (Phi) is 6.00. The molecule has 0 unspecified atom stereocenters. The summed E-state index contributed by atoms with van der Waals surface area (Å²) in [6.07, 6.45) is 0.978. The van der Waals surface area contributed by atoms with Gasteiger partial charge < -0.3 is 9.64 Å². The Bertz CT molecular complexity index is 1050. The number of rotatable bonds is 4. The molecule has 1 fully saturated rings. The Labute approximate surface area is 178 Å². The molecule has 0 radical (unpaired) electrons. The number of aromatic nitrogens is 1. The van der Waals surface area contributed by atoms with Crippen molar-refractivity contribution in [3.05, 3.63) is 70.9 Å². The summed E-state index contributed by atoms with van der Waals surface area (Å²) >= 11 is 0. The molecule has 5 nitrogen and oxygen atoms in total. The minimum Gasteiger partial charge on any atom is -0.497 e. The van der Waals surface area contributed by atoms with Gasteiger partial charge in [-0.3, -0.25) is 14.7 Å². The normalized spacial score (nSPS) is 15.2. The largest absolute Gasteiger partial charge is 0.497 e. The smallest absolute Gasteiger partial charge is 0.255 e. The van der Waals surface area contributed by atoms with Crippen molar-refractivity contribution in [1.29, 1.82) is 0 Å². The third kappa shape index (κ3) is 4.46. The molecule has 0 bridgehead atoms. The van der Waals surface area contributed by atoms with E-state index in [1.54, 1.807) is 7.11 Å². The monoisotopic (exact) mass is 403 g/mol. The number of hydrogen-bond donors (Lipinski definition) is 0. The second kappa shape index (κ2) is 8.84. The molecule has 1 aliphatic rings. The van der Waals surface area contributed by atoms with Crippen LogP contribution in [0, 0.1) is 13.8 Å². The standard InChI is InChI=1S/C25H29N3O2/c1-18-5-7-20(8-6-18)17-27-11-4-12-28(14-13-27)25(29)23-16-21-15-22(30-3)9-10-24(21)26-19(23)2/h5-10,15-16H,4,11-14,17H2,1-3H3. The van der Waals surface area contributed by atoms with E-state index in [0.29, 0.717) is 5.56 Å². The number of fused-ring (bicyclic) bond motifs is 1. The first-order chi connectivity index (χ1) is 14.5. The van der Waals surface area contributed by atoms with E-state index in [2.05, 4.69) is 41.1 Å². The van der Waals surface area contributed by atoms with Gasteiger partial charge in [-0.25, -0.2) is 0 Å². The van der Waals surface area contributed by atoms with Gasteiger partial charge in [0.25, 0.3) is 5.91 Å². The molecule has 2 aromatic carbocycles. The van der Waals surface area contributed by atoms with Gasteiger partial charge >= 0.3 is 0 Å². The van der Waals surface area contributed by atoms with Crippen molar-refractivity contribution in [2.24, 2.45) is 0 Å². The maximum Gasteiger partial charge on any atom is 0.255 e. The number of methoxy groups -OCH3 is 1. The highest BCUT2D eigenvalue weighted by Crippen LogP contribution is 2.23. The van der Waals surface area contributed by atoms with E-state index in [0.717, 1.165) is 61.5 Å². The van der Waals surface area contributed by atoms with Crippen molar-refractivity contribution < 1.29 is 9.53 Å². The summed E-state index contributed by atoms with van der Waals surface area (Å²) in [5, 5.41) is 0.930. The van der Waals surface area contributed by atoms with E-state index >= 15 is 0 Å². The van der Waals surface area contributed by atoms with Gasteiger partial charge in [-0.2, -0.15) is 0 Å². The number of carbonyl (C=O) groups excluding carboxylic acids is 1. The van der Waals surface area contributed by atoms with Crippen LogP contribution in [-0.2, 0) is 6.54 Å². The number of benzene rings is 2. The van der Waals surface area contributed by atoms with E-state index in [1.807, 2.05) is 36.1 Å². The molecule has 0 atom stereocenters. The lowest BCUT2D eigenvalue weighted by Crippen LogP contribution is -2.35. The molecule has 3 aromatic rings. The van der Waals surface area contributed by atoms with Crippen LogP contribution in [0.4, 0.5) is 0 Å². The van der Waals surface area contributed by atoms with Crippen LogP contribution in [0.5, 0.6) is 5.75 Å². The summed E-state index contributed by atoms with van der Waals surface area (Å²) in [4.78, 5) is 22.4. The topological polar surface area (TPSA) is 45.7 Å². The molecule has 0 saturated carbocycles. The van der Waals surface area contributed by atoms with Crippen LogP contribution in [0.2, 0.25) is 0 Å².